The van der Waals surface area contributed by atoms with E-state index in [1.54, 1.807) is 0 Å². The molecule has 1 aliphatic rings. The minimum absolute atomic E-state index is 0.166. The Balaban J connectivity index is 2.25. The largest absolute Gasteiger partial charge is 0.330 e. The zero-order valence-corrected chi connectivity index (χ0v) is 6.15. The summed E-state index contributed by atoms with van der Waals surface area (Å²) in [6.07, 6.45) is 0.851. The van der Waals surface area contributed by atoms with Crippen molar-refractivity contribution in [2.75, 3.05) is 19.6 Å². The maximum Gasteiger partial charge on any atom is 0.105 e. The van der Waals surface area contributed by atoms with Crippen molar-refractivity contribution in [3.8, 4) is 0 Å². The third-order valence-electron chi connectivity index (χ3n) is 2.05. The molecule has 1 aliphatic heterocycles. The summed E-state index contributed by atoms with van der Waals surface area (Å²) >= 11 is 0. The molecular formula is C7H15FN2. The molecule has 0 aliphatic carbocycles. The van der Waals surface area contributed by atoms with Gasteiger partial charge in [0.25, 0.3) is 0 Å². The molecule has 0 saturated carbocycles. The summed E-state index contributed by atoms with van der Waals surface area (Å²) in [6, 6.07) is 0. The van der Waals surface area contributed by atoms with Crippen LogP contribution in [-0.4, -0.2) is 25.8 Å². The summed E-state index contributed by atoms with van der Waals surface area (Å²) in [5.41, 5.74) is 5.33. The maximum absolute atomic E-state index is 12.9. The zero-order valence-electron chi connectivity index (χ0n) is 6.15. The number of halogens is 1. The lowest BCUT2D eigenvalue weighted by Crippen LogP contribution is -2.38. The van der Waals surface area contributed by atoms with E-state index in [9.17, 15) is 4.39 Å². The van der Waals surface area contributed by atoms with Gasteiger partial charge < -0.3 is 11.1 Å². The van der Waals surface area contributed by atoms with E-state index in [4.69, 9.17) is 5.73 Å². The molecule has 1 fully saturated rings. The maximum atomic E-state index is 12.9. The first-order valence-corrected chi connectivity index (χ1v) is 3.89. The highest BCUT2D eigenvalue weighted by molar-refractivity contribution is 4.77. The second kappa shape index (κ2) is 3.88. The number of nitrogens with two attached hydrogens (primary N) is 1. The molecule has 2 atom stereocenters. The third kappa shape index (κ3) is 1.92. The molecule has 2 nitrogen and oxygen atoms in total. The van der Waals surface area contributed by atoms with Gasteiger partial charge in [-0.1, -0.05) is 0 Å². The Bertz CT molecular complexity index is 95.6. The van der Waals surface area contributed by atoms with Crippen molar-refractivity contribution in [2.24, 2.45) is 11.7 Å². The van der Waals surface area contributed by atoms with Crippen molar-refractivity contribution in [2.45, 2.75) is 19.0 Å². The average Bonchev–Trinajstić information content (AvgIpc) is 1.94. The van der Waals surface area contributed by atoms with Crippen molar-refractivity contribution >= 4 is 0 Å². The van der Waals surface area contributed by atoms with Gasteiger partial charge >= 0.3 is 0 Å². The summed E-state index contributed by atoms with van der Waals surface area (Å²) in [6.45, 7) is 2.23. The lowest BCUT2D eigenvalue weighted by atomic mass is 9.94. The van der Waals surface area contributed by atoms with E-state index in [0.29, 0.717) is 13.0 Å². The van der Waals surface area contributed by atoms with Crippen LogP contribution in [0.1, 0.15) is 12.8 Å². The van der Waals surface area contributed by atoms with Gasteiger partial charge in [0.2, 0.25) is 0 Å². The predicted molar refractivity (Wildman–Crippen MR) is 39.5 cm³/mol. The number of hydrogen-bond acceptors (Lipinski definition) is 2. The second-order valence-electron chi connectivity index (χ2n) is 2.85. The smallest absolute Gasteiger partial charge is 0.105 e. The molecule has 1 rings (SSSR count). The quantitative estimate of drug-likeness (QED) is 0.587. The SMILES string of the molecule is NCCC1CNCCC1F. The number of rotatable bonds is 2. The van der Waals surface area contributed by atoms with E-state index < -0.39 is 6.17 Å². The molecule has 0 aromatic heterocycles. The minimum atomic E-state index is -0.621. The van der Waals surface area contributed by atoms with Crippen LogP contribution in [0.25, 0.3) is 0 Å². The van der Waals surface area contributed by atoms with Crippen LogP contribution in [0.2, 0.25) is 0 Å². The Labute approximate surface area is 61.0 Å². The zero-order chi connectivity index (χ0) is 7.40. The third-order valence-corrected chi connectivity index (χ3v) is 2.05. The van der Waals surface area contributed by atoms with Gasteiger partial charge in [0.05, 0.1) is 0 Å². The molecule has 1 heterocycles. The molecular weight excluding hydrogens is 131 g/mol. The lowest BCUT2D eigenvalue weighted by Gasteiger charge is -2.25. The Hall–Kier alpha value is -0.150. The first kappa shape index (κ1) is 7.95. The summed E-state index contributed by atoms with van der Waals surface area (Å²) in [5, 5.41) is 3.15. The van der Waals surface area contributed by atoms with E-state index >= 15 is 0 Å². The molecule has 60 valence electrons. The fraction of sp³-hybridized carbons (Fsp3) is 1.00. The first-order valence-electron chi connectivity index (χ1n) is 3.89. The lowest BCUT2D eigenvalue weighted by molar-refractivity contribution is 0.172. The Morgan fingerprint density at radius 3 is 3.00 bits per heavy atom. The fourth-order valence-corrected chi connectivity index (χ4v) is 1.39. The minimum Gasteiger partial charge on any atom is -0.330 e. The molecule has 0 radical (unpaired) electrons. The van der Waals surface area contributed by atoms with Crippen molar-refractivity contribution < 1.29 is 4.39 Å². The van der Waals surface area contributed by atoms with Crippen molar-refractivity contribution in [1.29, 1.82) is 0 Å². The van der Waals surface area contributed by atoms with Crippen LogP contribution in [0.5, 0.6) is 0 Å². The van der Waals surface area contributed by atoms with Gasteiger partial charge in [0.1, 0.15) is 6.17 Å². The van der Waals surface area contributed by atoms with Crippen LogP contribution < -0.4 is 11.1 Å². The van der Waals surface area contributed by atoms with Crippen LogP contribution in [0.4, 0.5) is 4.39 Å². The Morgan fingerprint density at radius 1 is 1.60 bits per heavy atom. The Morgan fingerprint density at radius 2 is 2.40 bits per heavy atom. The van der Waals surface area contributed by atoms with Gasteiger partial charge in [-0.15, -0.1) is 0 Å². The second-order valence-corrected chi connectivity index (χ2v) is 2.85. The van der Waals surface area contributed by atoms with Crippen LogP contribution in [0.3, 0.4) is 0 Å². The van der Waals surface area contributed by atoms with Gasteiger partial charge in [-0.3, -0.25) is 0 Å². The molecule has 0 aromatic carbocycles. The van der Waals surface area contributed by atoms with Gasteiger partial charge in [-0.25, -0.2) is 4.39 Å². The van der Waals surface area contributed by atoms with Crippen LogP contribution >= 0.6 is 0 Å². The summed E-state index contributed by atoms with van der Waals surface area (Å²) in [4.78, 5) is 0. The van der Waals surface area contributed by atoms with Crippen molar-refractivity contribution in [3.05, 3.63) is 0 Å². The monoisotopic (exact) mass is 146 g/mol. The molecule has 1 saturated heterocycles. The van der Waals surface area contributed by atoms with Gasteiger partial charge in [0.15, 0.2) is 0 Å². The average molecular weight is 146 g/mol. The molecule has 0 amide bonds. The molecule has 3 heteroatoms. The summed E-state index contributed by atoms with van der Waals surface area (Å²) in [7, 11) is 0. The van der Waals surface area contributed by atoms with Crippen LogP contribution in [-0.2, 0) is 0 Å². The number of nitrogens with one attached hydrogen (secondary N) is 1. The van der Waals surface area contributed by atoms with Crippen LogP contribution in [0, 0.1) is 5.92 Å². The van der Waals surface area contributed by atoms with E-state index in [2.05, 4.69) is 5.32 Å². The molecule has 0 bridgehead atoms. The van der Waals surface area contributed by atoms with Crippen molar-refractivity contribution in [3.63, 3.8) is 0 Å². The Kier molecular flexibility index (Phi) is 3.09. The molecule has 10 heavy (non-hydrogen) atoms. The predicted octanol–water partition coefficient (Wildman–Crippen LogP) is 0.283. The summed E-state index contributed by atoms with van der Waals surface area (Å²) < 4.78 is 12.9. The highest BCUT2D eigenvalue weighted by Crippen LogP contribution is 2.17. The summed E-state index contributed by atoms with van der Waals surface area (Å²) in [5.74, 6) is 0.166. The highest BCUT2D eigenvalue weighted by Gasteiger charge is 2.22. The van der Waals surface area contributed by atoms with E-state index in [1.165, 1.54) is 0 Å². The van der Waals surface area contributed by atoms with E-state index in [-0.39, 0.29) is 5.92 Å². The standard InChI is InChI=1S/C7H15FN2/c8-7-2-4-10-5-6(7)1-3-9/h6-7,10H,1-5,9H2. The van der Waals surface area contributed by atoms with Crippen molar-refractivity contribution in [1.82, 2.24) is 5.32 Å². The normalized spacial score (nSPS) is 34.2. The molecule has 0 spiro atoms. The molecule has 2 unspecified atom stereocenters. The molecule has 3 N–H and O–H groups in total. The first-order chi connectivity index (χ1) is 4.84. The van der Waals surface area contributed by atoms with E-state index in [0.717, 1.165) is 19.5 Å². The van der Waals surface area contributed by atoms with Gasteiger partial charge in [-0.2, -0.15) is 0 Å². The highest BCUT2D eigenvalue weighted by atomic mass is 19.1. The topological polar surface area (TPSA) is 38.0 Å². The number of alkyl halides is 1. The van der Waals surface area contributed by atoms with Gasteiger partial charge in [0, 0.05) is 12.5 Å². The van der Waals surface area contributed by atoms with Gasteiger partial charge in [-0.05, 0) is 25.9 Å². The number of piperidine rings is 1. The fourth-order valence-electron chi connectivity index (χ4n) is 1.39. The van der Waals surface area contributed by atoms with Crippen LogP contribution in [0.15, 0.2) is 0 Å². The molecule has 0 aromatic rings. The van der Waals surface area contributed by atoms with E-state index in [1.807, 2.05) is 0 Å². The number of hydrogen-bond donors (Lipinski definition) is 2.